The van der Waals surface area contributed by atoms with Crippen LogP contribution in [0.2, 0.25) is 0 Å². The number of amides is 1. The number of carbonyl (C=O) groups is 1. The molecule has 0 aliphatic carbocycles. The first kappa shape index (κ1) is 18.3. The maximum Gasteiger partial charge on any atom is 0.221 e. The van der Waals surface area contributed by atoms with Crippen LogP contribution in [0.5, 0.6) is 0 Å². The van der Waals surface area contributed by atoms with Crippen LogP contribution in [0.3, 0.4) is 0 Å². The Labute approximate surface area is 157 Å². The fourth-order valence-corrected chi connectivity index (χ4v) is 3.95. The third kappa shape index (κ3) is 4.02. The van der Waals surface area contributed by atoms with Crippen molar-refractivity contribution in [2.75, 3.05) is 11.9 Å². The van der Waals surface area contributed by atoms with Crippen molar-refractivity contribution in [3.63, 3.8) is 0 Å². The van der Waals surface area contributed by atoms with E-state index in [2.05, 4.69) is 58.7 Å². The van der Waals surface area contributed by atoms with E-state index in [4.69, 9.17) is 0 Å². The molecule has 2 heterocycles. The maximum absolute atomic E-state index is 11.8. The fraction of sp³-hybridized carbons (Fsp3) is 0.350. The molecule has 6 heteroatoms. The van der Waals surface area contributed by atoms with E-state index in [1.807, 2.05) is 13.8 Å². The van der Waals surface area contributed by atoms with Gasteiger partial charge in [-0.1, -0.05) is 29.8 Å². The highest BCUT2D eigenvalue weighted by molar-refractivity contribution is 7.19. The number of hydrogen-bond acceptors (Lipinski definition) is 5. The largest absolute Gasteiger partial charge is 0.369 e. The Balaban J connectivity index is 1.89. The topological polar surface area (TPSA) is 66.9 Å². The molecule has 0 atom stereocenters. The first-order valence-electron chi connectivity index (χ1n) is 8.80. The molecular weight excluding hydrogens is 344 g/mol. The predicted molar refractivity (Wildman–Crippen MR) is 109 cm³/mol. The number of carbonyl (C=O) groups excluding carboxylic acids is 1. The number of hydrogen-bond donors (Lipinski definition) is 2. The number of anilines is 1. The van der Waals surface area contributed by atoms with Crippen molar-refractivity contribution < 1.29 is 4.79 Å². The first-order valence-corrected chi connectivity index (χ1v) is 9.61. The number of nitrogens with one attached hydrogen (secondary N) is 2. The van der Waals surface area contributed by atoms with Gasteiger partial charge in [0.25, 0.3) is 0 Å². The van der Waals surface area contributed by atoms with Crippen molar-refractivity contribution in [1.82, 2.24) is 15.3 Å². The Kier molecular flexibility index (Phi) is 5.52. The number of aryl methyl sites for hydroxylation is 2. The van der Waals surface area contributed by atoms with E-state index in [0.29, 0.717) is 13.0 Å². The van der Waals surface area contributed by atoms with Crippen molar-refractivity contribution in [1.29, 1.82) is 0 Å². The lowest BCUT2D eigenvalue weighted by Gasteiger charge is -2.11. The molecule has 0 radical (unpaired) electrons. The van der Waals surface area contributed by atoms with Gasteiger partial charge in [-0.05, 0) is 33.3 Å². The second-order valence-electron chi connectivity index (χ2n) is 6.70. The minimum Gasteiger partial charge on any atom is -0.369 e. The van der Waals surface area contributed by atoms with Crippen molar-refractivity contribution in [2.24, 2.45) is 0 Å². The average Bonchev–Trinajstić information content (AvgIpc) is 2.92. The van der Waals surface area contributed by atoms with E-state index >= 15 is 0 Å². The second kappa shape index (κ2) is 7.83. The monoisotopic (exact) mass is 368 g/mol. The first-order chi connectivity index (χ1) is 12.5. The molecule has 0 aliphatic rings. The second-order valence-corrected chi connectivity index (χ2v) is 7.90. The molecule has 2 N–H and O–H groups in total. The molecular formula is C20H24N4OS. The van der Waals surface area contributed by atoms with Gasteiger partial charge in [-0.15, -0.1) is 11.3 Å². The summed E-state index contributed by atoms with van der Waals surface area (Å²) in [7, 11) is 0. The maximum atomic E-state index is 11.8. The van der Waals surface area contributed by atoms with E-state index in [1.54, 1.807) is 17.7 Å². The SMILES string of the molecule is Cc1ccc(-c2c(C)sc3ncnc(NCCC(=O)NC(C)C)c23)cc1. The van der Waals surface area contributed by atoms with Crippen molar-refractivity contribution in [2.45, 2.75) is 40.2 Å². The van der Waals surface area contributed by atoms with Gasteiger partial charge in [0.05, 0.1) is 5.39 Å². The van der Waals surface area contributed by atoms with Crippen LogP contribution in [-0.2, 0) is 4.79 Å². The number of thiophene rings is 1. The van der Waals surface area contributed by atoms with Gasteiger partial charge >= 0.3 is 0 Å². The molecule has 0 fully saturated rings. The predicted octanol–water partition coefficient (Wildman–Crippen LogP) is 4.30. The Morgan fingerprint density at radius 1 is 1.15 bits per heavy atom. The van der Waals surface area contributed by atoms with Gasteiger partial charge in [-0.25, -0.2) is 9.97 Å². The van der Waals surface area contributed by atoms with Gasteiger partial charge < -0.3 is 10.6 Å². The highest BCUT2D eigenvalue weighted by Gasteiger charge is 2.16. The lowest BCUT2D eigenvalue weighted by Crippen LogP contribution is -2.31. The quantitative estimate of drug-likeness (QED) is 0.681. The smallest absolute Gasteiger partial charge is 0.221 e. The summed E-state index contributed by atoms with van der Waals surface area (Å²) in [5.41, 5.74) is 3.56. The zero-order valence-corrected chi connectivity index (χ0v) is 16.4. The lowest BCUT2D eigenvalue weighted by molar-refractivity contribution is -0.121. The molecule has 0 spiro atoms. The van der Waals surface area contributed by atoms with E-state index in [0.717, 1.165) is 21.6 Å². The van der Waals surface area contributed by atoms with Gasteiger partial charge in [0.15, 0.2) is 0 Å². The molecule has 3 aromatic rings. The molecule has 2 aromatic heterocycles. The van der Waals surface area contributed by atoms with Gasteiger partial charge in [-0.2, -0.15) is 0 Å². The fourth-order valence-electron chi connectivity index (χ4n) is 2.93. The minimum atomic E-state index is 0.0399. The molecule has 1 amide bonds. The summed E-state index contributed by atoms with van der Waals surface area (Å²) in [6, 6.07) is 8.66. The molecule has 136 valence electrons. The van der Waals surface area contributed by atoms with E-state index < -0.39 is 0 Å². The molecule has 0 unspecified atom stereocenters. The number of benzene rings is 1. The summed E-state index contributed by atoms with van der Waals surface area (Å²) in [5.74, 6) is 0.824. The number of fused-ring (bicyclic) bond motifs is 1. The van der Waals surface area contributed by atoms with E-state index in [-0.39, 0.29) is 11.9 Å². The highest BCUT2D eigenvalue weighted by Crippen LogP contribution is 2.40. The molecule has 26 heavy (non-hydrogen) atoms. The van der Waals surface area contributed by atoms with Crippen LogP contribution in [0.1, 0.15) is 30.7 Å². The highest BCUT2D eigenvalue weighted by atomic mass is 32.1. The van der Waals surface area contributed by atoms with Gasteiger partial charge in [-0.3, -0.25) is 4.79 Å². The van der Waals surface area contributed by atoms with Crippen molar-refractivity contribution in [3.05, 3.63) is 41.0 Å². The molecule has 5 nitrogen and oxygen atoms in total. The Morgan fingerprint density at radius 3 is 2.58 bits per heavy atom. The van der Waals surface area contributed by atoms with Crippen LogP contribution >= 0.6 is 11.3 Å². The molecule has 0 bridgehead atoms. The summed E-state index contributed by atoms with van der Waals surface area (Å²) >= 11 is 1.67. The van der Waals surface area contributed by atoms with Crippen molar-refractivity contribution in [3.8, 4) is 11.1 Å². The summed E-state index contributed by atoms with van der Waals surface area (Å²) < 4.78 is 0. The minimum absolute atomic E-state index is 0.0399. The van der Waals surface area contributed by atoms with Gasteiger partial charge in [0.1, 0.15) is 17.0 Å². The summed E-state index contributed by atoms with van der Waals surface area (Å²) in [4.78, 5) is 22.9. The van der Waals surface area contributed by atoms with Crippen LogP contribution in [-0.4, -0.2) is 28.5 Å². The average molecular weight is 369 g/mol. The van der Waals surface area contributed by atoms with E-state index in [1.165, 1.54) is 16.0 Å². The standard InChI is InChI=1S/C20H24N4OS/c1-12(2)24-16(25)9-10-21-19-18-17(15-7-5-13(3)6-8-15)14(4)26-20(18)23-11-22-19/h5-8,11-12H,9-10H2,1-4H3,(H,24,25)(H,21,22,23). The molecule has 1 aromatic carbocycles. The molecule has 3 rings (SSSR count). The summed E-state index contributed by atoms with van der Waals surface area (Å²) in [5, 5.41) is 7.26. The Morgan fingerprint density at radius 2 is 1.88 bits per heavy atom. The van der Waals surface area contributed by atoms with Crippen LogP contribution in [0.25, 0.3) is 21.3 Å². The van der Waals surface area contributed by atoms with Crippen LogP contribution in [0, 0.1) is 13.8 Å². The van der Waals surface area contributed by atoms with Crippen LogP contribution in [0.4, 0.5) is 5.82 Å². The van der Waals surface area contributed by atoms with Crippen molar-refractivity contribution >= 4 is 33.3 Å². The molecule has 0 saturated heterocycles. The normalized spacial score (nSPS) is 11.1. The third-order valence-corrected chi connectivity index (χ3v) is 5.11. The third-order valence-electron chi connectivity index (χ3n) is 4.10. The van der Waals surface area contributed by atoms with Crippen LogP contribution < -0.4 is 10.6 Å². The number of aromatic nitrogens is 2. The molecule has 0 aliphatic heterocycles. The summed E-state index contributed by atoms with van der Waals surface area (Å²) in [6.07, 6.45) is 1.99. The van der Waals surface area contributed by atoms with Gasteiger partial charge in [0, 0.05) is 29.4 Å². The Hall–Kier alpha value is -2.47. The zero-order chi connectivity index (χ0) is 18.7. The summed E-state index contributed by atoms with van der Waals surface area (Å²) in [6.45, 7) is 8.65. The Bertz CT molecular complexity index is 915. The van der Waals surface area contributed by atoms with Crippen LogP contribution in [0.15, 0.2) is 30.6 Å². The zero-order valence-electron chi connectivity index (χ0n) is 15.6. The van der Waals surface area contributed by atoms with E-state index in [9.17, 15) is 4.79 Å². The van der Waals surface area contributed by atoms with Gasteiger partial charge in [0.2, 0.25) is 5.91 Å². The number of rotatable bonds is 6. The molecule has 0 saturated carbocycles. The lowest BCUT2D eigenvalue weighted by atomic mass is 10.0. The number of nitrogens with zero attached hydrogens (tertiary/aromatic N) is 2.